The van der Waals surface area contributed by atoms with Crippen molar-refractivity contribution in [2.45, 2.75) is 44.9 Å². The van der Waals surface area contributed by atoms with E-state index in [0.29, 0.717) is 17.2 Å². The molecule has 3 N–H and O–H groups in total. The summed E-state index contributed by atoms with van der Waals surface area (Å²) in [5.41, 5.74) is 6.11. The van der Waals surface area contributed by atoms with Gasteiger partial charge in [-0.15, -0.1) is 0 Å². The van der Waals surface area contributed by atoms with Gasteiger partial charge in [0.05, 0.1) is 0 Å². The monoisotopic (exact) mass is 182 g/mol. The van der Waals surface area contributed by atoms with Gasteiger partial charge in [-0.1, -0.05) is 24.4 Å². The van der Waals surface area contributed by atoms with Crippen molar-refractivity contribution in [1.82, 2.24) is 0 Å². The van der Waals surface area contributed by atoms with Crippen LogP contribution in [0.4, 0.5) is 0 Å². The van der Waals surface area contributed by atoms with Crippen molar-refractivity contribution in [3.63, 3.8) is 0 Å². The van der Waals surface area contributed by atoms with E-state index in [-0.39, 0.29) is 0 Å². The SMILES string of the molecule is NC(CC1CC12CCCCC2)=NO. The van der Waals surface area contributed by atoms with Gasteiger partial charge in [-0.2, -0.15) is 0 Å². The second kappa shape index (κ2) is 3.20. The first-order chi connectivity index (χ1) is 6.27. The van der Waals surface area contributed by atoms with Gasteiger partial charge in [-0.3, -0.25) is 0 Å². The summed E-state index contributed by atoms with van der Waals surface area (Å²) in [7, 11) is 0. The smallest absolute Gasteiger partial charge is 0.139 e. The number of nitrogens with zero attached hydrogens (tertiary/aromatic N) is 1. The molecule has 1 unspecified atom stereocenters. The number of hydrogen-bond donors (Lipinski definition) is 2. The van der Waals surface area contributed by atoms with E-state index in [9.17, 15) is 0 Å². The first-order valence-corrected chi connectivity index (χ1v) is 5.23. The maximum atomic E-state index is 8.46. The second-order valence-corrected chi connectivity index (χ2v) is 4.62. The quantitative estimate of drug-likeness (QED) is 0.297. The van der Waals surface area contributed by atoms with E-state index in [2.05, 4.69) is 5.16 Å². The topological polar surface area (TPSA) is 58.6 Å². The number of amidine groups is 1. The molecule has 1 atom stereocenters. The van der Waals surface area contributed by atoms with Crippen molar-refractivity contribution < 1.29 is 5.21 Å². The first-order valence-electron chi connectivity index (χ1n) is 5.23. The lowest BCUT2D eigenvalue weighted by atomic mass is 9.84. The molecule has 3 nitrogen and oxygen atoms in total. The molecule has 2 saturated carbocycles. The minimum atomic E-state index is 0.410. The minimum Gasteiger partial charge on any atom is -0.409 e. The number of rotatable bonds is 2. The van der Waals surface area contributed by atoms with Crippen LogP contribution < -0.4 is 5.73 Å². The molecule has 1 spiro atoms. The van der Waals surface area contributed by atoms with Crippen LogP contribution in [0.25, 0.3) is 0 Å². The lowest BCUT2D eigenvalue weighted by Crippen LogP contribution is -2.16. The molecule has 2 fully saturated rings. The Bertz CT molecular complexity index is 219. The normalized spacial score (nSPS) is 32.0. The first kappa shape index (κ1) is 8.85. The largest absolute Gasteiger partial charge is 0.409 e. The standard InChI is InChI=1S/C10H18N2O/c11-9(12-13)6-8-7-10(8)4-2-1-3-5-10/h8,13H,1-7H2,(H2,11,12). The fourth-order valence-electron chi connectivity index (χ4n) is 2.88. The van der Waals surface area contributed by atoms with Crippen LogP contribution >= 0.6 is 0 Å². The Morgan fingerprint density at radius 2 is 2.08 bits per heavy atom. The molecule has 2 rings (SSSR count). The zero-order chi connectivity index (χ0) is 9.31. The molecule has 74 valence electrons. The van der Waals surface area contributed by atoms with Gasteiger partial charge in [-0.25, -0.2) is 0 Å². The second-order valence-electron chi connectivity index (χ2n) is 4.62. The van der Waals surface area contributed by atoms with Gasteiger partial charge >= 0.3 is 0 Å². The van der Waals surface area contributed by atoms with Crippen LogP contribution in [-0.4, -0.2) is 11.0 Å². The Morgan fingerprint density at radius 1 is 1.38 bits per heavy atom. The van der Waals surface area contributed by atoms with Crippen LogP contribution in [0, 0.1) is 11.3 Å². The third-order valence-corrected chi connectivity index (χ3v) is 3.79. The Labute approximate surface area is 79.0 Å². The molecule has 13 heavy (non-hydrogen) atoms. The average molecular weight is 182 g/mol. The zero-order valence-corrected chi connectivity index (χ0v) is 8.00. The van der Waals surface area contributed by atoms with E-state index in [4.69, 9.17) is 10.9 Å². The molecule has 0 aromatic rings. The van der Waals surface area contributed by atoms with Gasteiger partial charge in [0, 0.05) is 6.42 Å². The summed E-state index contributed by atoms with van der Waals surface area (Å²) in [5, 5.41) is 11.5. The molecule has 0 bridgehead atoms. The van der Waals surface area contributed by atoms with Crippen molar-refractivity contribution in [1.29, 1.82) is 0 Å². The molecular weight excluding hydrogens is 164 g/mol. The predicted molar refractivity (Wildman–Crippen MR) is 51.7 cm³/mol. The van der Waals surface area contributed by atoms with Crippen molar-refractivity contribution in [3.8, 4) is 0 Å². The Morgan fingerprint density at radius 3 is 2.69 bits per heavy atom. The van der Waals surface area contributed by atoms with Crippen LogP contribution in [0.3, 0.4) is 0 Å². The molecule has 0 aromatic carbocycles. The lowest BCUT2D eigenvalue weighted by molar-refractivity contribution is 0.302. The fourth-order valence-corrected chi connectivity index (χ4v) is 2.88. The van der Waals surface area contributed by atoms with Gasteiger partial charge in [0.1, 0.15) is 5.84 Å². The Kier molecular flexibility index (Phi) is 2.18. The fraction of sp³-hybridized carbons (Fsp3) is 0.900. The highest BCUT2D eigenvalue weighted by molar-refractivity contribution is 5.80. The van der Waals surface area contributed by atoms with Crippen LogP contribution in [0.15, 0.2) is 5.16 Å². The van der Waals surface area contributed by atoms with Crippen molar-refractivity contribution in [2.75, 3.05) is 0 Å². The Hall–Kier alpha value is -0.730. The molecule has 0 radical (unpaired) electrons. The third kappa shape index (κ3) is 1.64. The van der Waals surface area contributed by atoms with Crippen LogP contribution in [-0.2, 0) is 0 Å². The molecule has 0 amide bonds. The van der Waals surface area contributed by atoms with E-state index in [1.807, 2.05) is 0 Å². The summed E-state index contributed by atoms with van der Waals surface area (Å²) in [6, 6.07) is 0. The summed E-state index contributed by atoms with van der Waals surface area (Å²) in [6.45, 7) is 0. The van der Waals surface area contributed by atoms with Gasteiger partial charge in [-0.05, 0) is 30.6 Å². The molecule has 2 aliphatic rings. The summed E-state index contributed by atoms with van der Waals surface area (Å²) in [4.78, 5) is 0. The summed E-state index contributed by atoms with van der Waals surface area (Å²) in [6.07, 6.45) is 9.02. The number of hydrogen-bond acceptors (Lipinski definition) is 2. The molecule has 0 saturated heterocycles. The van der Waals surface area contributed by atoms with E-state index >= 15 is 0 Å². The predicted octanol–water partition coefficient (Wildman–Crippen LogP) is 2.09. The highest BCUT2D eigenvalue weighted by Crippen LogP contribution is 2.62. The number of oxime groups is 1. The average Bonchev–Trinajstić information content (AvgIpc) is 2.79. The van der Waals surface area contributed by atoms with Gasteiger partial charge in [0.2, 0.25) is 0 Å². The molecule has 0 heterocycles. The number of nitrogens with two attached hydrogens (primary N) is 1. The Balaban J connectivity index is 1.86. The minimum absolute atomic E-state index is 0.410. The lowest BCUT2D eigenvalue weighted by Gasteiger charge is -2.22. The van der Waals surface area contributed by atoms with Crippen LogP contribution in [0.5, 0.6) is 0 Å². The van der Waals surface area contributed by atoms with E-state index in [1.54, 1.807) is 0 Å². The van der Waals surface area contributed by atoms with Crippen LogP contribution in [0.1, 0.15) is 44.9 Å². The van der Waals surface area contributed by atoms with E-state index in [0.717, 1.165) is 6.42 Å². The van der Waals surface area contributed by atoms with Gasteiger partial charge in [0.25, 0.3) is 0 Å². The maximum Gasteiger partial charge on any atom is 0.139 e. The van der Waals surface area contributed by atoms with Gasteiger partial charge in [0.15, 0.2) is 0 Å². The van der Waals surface area contributed by atoms with Gasteiger partial charge < -0.3 is 10.9 Å². The van der Waals surface area contributed by atoms with Crippen molar-refractivity contribution >= 4 is 5.84 Å². The molecule has 3 heteroatoms. The zero-order valence-electron chi connectivity index (χ0n) is 8.00. The third-order valence-electron chi connectivity index (χ3n) is 3.79. The molecular formula is C10H18N2O. The highest BCUT2D eigenvalue weighted by Gasteiger charge is 2.53. The highest BCUT2D eigenvalue weighted by atomic mass is 16.4. The van der Waals surface area contributed by atoms with E-state index < -0.39 is 0 Å². The van der Waals surface area contributed by atoms with Crippen molar-refractivity contribution in [3.05, 3.63) is 0 Å². The summed E-state index contributed by atoms with van der Waals surface area (Å²) >= 11 is 0. The van der Waals surface area contributed by atoms with Crippen LogP contribution in [0.2, 0.25) is 0 Å². The molecule has 2 aliphatic carbocycles. The summed E-state index contributed by atoms with van der Waals surface area (Å²) in [5.74, 6) is 1.12. The summed E-state index contributed by atoms with van der Waals surface area (Å²) < 4.78 is 0. The molecule has 0 aliphatic heterocycles. The van der Waals surface area contributed by atoms with Crippen molar-refractivity contribution in [2.24, 2.45) is 22.2 Å². The maximum absolute atomic E-state index is 8.46. The van der Waals surface area contributed by atoms with E-state index in [1.165, 1.54) is 38.5 Å². The molecule has 0 aromatic heterocycles.